The van der Waals surface area contributed by atoms with Gasteiger partial charge in [0.15, 0.2) is 5.78 Å². The van der Waals surface area contributed by atoms with E-state index in [1.54, 1.807) is 31.4 Å². The highest BCUT2D eigenvalue weighted by Crippen LogP contribution is 2.49. The van der Waals surface area contributed by atoms with Crippen molar-refractivity contribution in [2.45, 2.75) is 31.0 Å². The normalized spacial score (nSPS) is 29.3. The molecule has 3 saturated heterocycles. The molecule has 0 saturated carbocycles. The van der Waals surface area contributed by atoms with Gasteiger partial charge in [-0.3, -0.25) is 19.3 Å². The fraction of sp³-hybridized carbons (Fsp3) is 0.370. The maximum atomic E-state index is 14.0. The molecule has 2 aromatic rings. The van der Waals surface area contributed by atoms with Crippen LogP contribution >= 0.6 is 0 Å². The quantitative estimate of drug-likeness (QED) is 0.507. The fourth-order valence-electron chi connectivity index (χ4n) is 5.99. The molecule has 0 bridgehead atoms. The lowest BCUT2D eigenvalue weighted by molar-refractivity contribution is -0.142. The Morgan fingerprint density at radius 1 is 1.09 bits per heavy atom. The van der Waals surface area contributed by atoms with Crippen LogP contribution in [0.15, 0.2) is 54.6 Å². The maximum Gasteiger partial charge on any atom is 0.235 e. The van der Waals surface area contributed by atoms with E-state index in [4.69, 9.17) is 9.47 Å². The molecule has 0 spiro atoms. The number of imide groups is 1. The monoisotopic (exact) mass is 458 g/mol. The van der Waals surface area contributed by atoms with Crippen molar-refractivity contribution in [1.29, 1.82) is 0 Å². The Balaban J connectivity index is 1.43. The summed E-state index contributed by atoms with van der Waals surface area (Å²) in [5.41, 5.74) is 2.31. The molecule has 7 nitrogen and oxygen atoms in total. The number of amides is 2. The second-order valence-corrected chi connectivity index (χ2v) is 9.33. The van der Waals surface area contributed by atoms with Crippen LogP contribution in [-0.2, 0) is 14.3 Å². The average Bonchev–Trinajstić information content (AvgIpc) is 3.57. The largest absolute Gasteiger partial charge is 0.497 e. The molecule has 0 N–H and O–H groups in total. The number of carbonyl (C=O) groups is 3. The van der Waals surface area contributed by atoms with Gasteiger partial charge in [0.1, 0.15) is 11.8 Å². The van der Waals surface area contributed by atoms with E-state index in [1.807, 2.05) is 41.3 Å². The van der Waals surface area contributed by atoms with Crippen molar-refractivity contribution in [2.24, 2.45) is 11.8 Å². The molecule has 4 aliphatic heterocycles. The summed E-state index contributed by atoms with van der Waals surface area (Å²) >= 11 is 0. The standard InChI is InChI=1S/C27H26N2O5/c1-33-18-8-4-7-17(14-18)25(30)24-23-22(21-12-11-16-6-2-3-10-20(16)29(21)24)26(31)28(27(23)32)15-19-9-5-13-34-19/h2-4,6-8,10-12,14,19,21-24H,5,9,13,15H2,1H3/t19-,21+,22-,23+,24-/m0/s1. The van der Waals surface area contributed by atoms with Crippen LogP contribution in [0.1, 0.15) is 28.8 Å². The van der Waals surface area contributed by atoms with E-state index < -0.39 is 17.9 Å². The van der Waals surface area contributed by atoms with Crippen LogP contribution in [0, 0.1) is 11.8 Å². The first-order valence-electron chi connectivity index (χ1n) is 11.8. The predicted octanol–water partition coefficient (Wildman–Crippen LogP) is 2.94. The first-order chi connectivity index (χ1) is 16.6. The summed E-state index contributed by atoms with van der Waals surface area (Å²) in [5, 5.41) is 0. The van der Waals surface area contributed by atoms with Gasteiger partial charge in [0.05, 0.1) is 37.6 Å². The number of anilines is 1. The van der Waals surface area contributed by atoms with Crippen LogP contribution in [0.5, 0.6) is 5.75 Å². The Hall–Kier alpha value is -3.45. The molecule has 2 aromatic carbocycles. The molecule has 3 fully saturated rings. The molecular weight excluding hydrogens is 432 g/mol. The van der Waals surface area contributed by atoms with Crippen molar-refractivity contribution in [3.8, 4) is 5.75 Å². The summed E-state index contributed by atoms with van der Waals surface area (Å²) in [4.78, 5) is 44.7. The number of hydrogen-bond acceptors (Lipinski definition) is 6. The number of fused-ring (bicyclic) bond motifs is 5. The van der Waals surface area contributed by atoms with Gasteiger partial charge in [-0.25, -0.2) is 0 Å². The third-order valence-corrected chi connectivity index (χ3v) is 7.54. The highest BCUT2D eigenvalue weighted by atomic mass is 16.5. The Labute approximate surface area is 197 Å². The van der Waals surface area contributed by atoms with E-state index in [9.17, 15) is 14.4 Å². The van der Waals surface area contributed by atoms with Crippen molar-refractivity contribution in [3.05, 3.63) is 65.7 Å². The lowest BCUT2D eigenvalue weighted by Crippen LogP contribution is -2.49. The topological polar surface area (TPSA) is 76.1 Å². The zero-order valence-electron chi connectivity index (χ0n) is 18.9. The molecular formula is C27H26N2O5. The van der Waals surface area contributed by atoms with E-state index in [1.165, 1.54) is 4.90 Å². The molecule has 2 amide bonds. The second-order valence-electron chi connectivity index (χ2n) is 9.33. The number of Topliss-reactive ketones (excluding diaryl/α,β-unsaturated/α-hetero) is 1. The molecule has 174 valence electrons. The first-order valence-corrected chi connectivity index (χ1v) is 11.8. The minimum absolute atomic E-state index is 0.127. The summed E-state index contributed by atoms with van der Waals surface area (Å²) in [6.07, 6.45) is 5.60. The first kappa shape index (κ1) is 21.1. The lowest BCUT2D eigenvalue weighted by atomic mass is 9.86. The molecule has 0 unspecified atom stereocenters. The highest BCUT2D eigenvalue weighted by molar-refractivity contribution is 6.14. The Morgan fingerprint density at radius 3 is 2.71 bits per heavy atom. The van der Waals surface area contributed by atoms with Crippen molar-refractivity contribution in [3.63, 3.8) is 0 Å². The maximum absolute atomic E-state index is 14.0. The van der Waals surface area contributed by atoms with E-state index in [0.717, 1.165) is 24.1 Å². The van der Waals surface area contributed by atoms with Crippen molar-refractivity contribution < 1.29 is 23.9 Å². The third kappa shape index (κ3) is 3.10. The molecule has 4 heterocycles. The van der Waals surface area contributed by atoms with Crippen molar-refractivity contribution in [2.75, 3.05) is 25.2 Å². The van der Waals surface area contributed by atoms with E-state index in [0.29, 0.717) is 17.9 Å². The van der Waals surface area contributed by atoms with Gasteiger partial charge in [-0.2, -0.15) is 0 Å². The molecule has 34 heavy (non-hydrogen) atoms. The van der Waals surface area contributed by atoms with Gasteiger partial charge < -0.3 is 14.4 Å². The Bertz CT molecular complexity index is 1200. The van der Waals surface area contributed by atoms with Crippen molar-refractivity contribution >= 4 is 29.4 Å². The predicted molar refractivity (Wildman–Crippen MR) is 126 cm³/mol. The summed E-state index contributed by atoms with van der Waals surface area (Å²) in [5.74, 6) is -1.42. The smallest absolute Gasteiger partial charge is 0.235 e. The van der Waals surface area contributed by atoms with Crippen LogP contribution in [0.3, 0.4) is 0 Å². The number of rotatable bonds is 5. The third-order valence-electron chi connectivity index (χ3n) is 7.54. The fourth-order valence-corrected chi connectivity index (χ4v) is 5.99. The van der Waals surface area contributed by atoms with Gasteiger partial charge in [-0.15, -0.1) is 0 Å². The van der Waals surface area contributed by atoms with Crippen molar-refractivity contribution in [1.82, 2.24) is 4.90 Å². The van der Waals surface area contributed by atoms with E-state index in [2.05, 4.69) is 0 Å². The molecule has 0 aliphatic carbocycles. The van der Waals surface area contributed by atoms with Crippen LogP contribution in [-0.4, -0.2) is 60.9 Å². The van der Waals surface area contributed by atoms with Gasteiger partial charge >= 0.3 is 0 Å². The number of methoxy groups -OCH3 is 1. The van der Waals surface area contributed by atoms with Gasteiger partial charge in [0.2, 0.25) is 11.8 Å². The Kier molecular flexibility index (Phi) is 5.03. The summed E-state index contributed by atoms with van der Waals surface area (Å²) in [6.45, 7) is 0.915. The minimum atomic E-state index is -0.779. The number of benzene rings is 2. The number of para-hydroxylation sites is 1. The number of carbonyl (C=O) groups excluding carboxylic acids is 3. The van der Waals surface area contributed by atoms with Gasteiger partial charge in [-0.1, -0.05) is 42.5 Å². The van der Waals surface area contributed by atoms with Crippen LogP contribution in [0.4, 0.5) is 5.69 Å². The summed E-state index contributed by atoms with van der Waals surface area (Å²) in [6, 6.07) is 13.7. The zero-order chi connectivity index (χ0) is 23.4. The molecule has 4 aliphatic rings. The van der Waals surface area contributed by atoms with Crippen LogP contribution in [0.25, 0.3) is 6.08 Å². The van der Waals surface area contributed by atoms with Gasteiger partial charge in [0, 0.05) is 17.9 Å². The summed E-state index contributed by atoms with van der Waals surface area (Å²) < 4.78 is 11.0. The number of nitrogens with zero attached hydrogens (tertiary/aromatic N) is 2. The van der Waals surface area contributed by atoms with Gasteiger partial charge in [-0.05, 0) is 36.6 Å². The zero-order valence-corrected chi connectivity index (χ0v) is 18.9. The highest BCUT2D eigenvalue weighted by Gasteiger charge is 2.64. The lowest BCUT2D eigenvalue weighted by Gasteiger charge is -2.36. The number of ether oxygens (including phenoxy) is 2. The Morgan fingerprint density at radius 2 is 1.91 bits per heavy atom. The van der Waals surface area contributed by atoms with E-state index >= 15 is 0 Å². The average molecular weight is 459 g/mol. The molecule has 6 rings (SSSR count). The van der Waals surface area contributed by atoms with Gasteiger partial charge in [0.25, 0.3) is 0 Å². The molecule has 7 heteroatoms. The minimum Gasteiger partial charge on any atom is -0.497 e. The summed E-state index contributed by atoms with van der Waals surface area (Å²) in [7, 11) is 1.55. The number of likely N-dealkylation sites (tertiary alicyclic amines) is 1. The number of hydrogen-bond donors (Lipinski definition) is 0. The van der Waals surface area contributed by atoms with Crippen LogP contribution < -0.4 is 9.64 Å². The van der Waals surface area contributed by atoms with E-state index in [-0.39, 0.29) is 36.3 Å². The molecule has 5 atom stereocenters. The molecule has 0 aromatic heterocycles. The molecule has 0 radical (unpaired) electrons. The number of ketones is 1. The SMILES string of the molecule is COc1cccc(C(=O)[C@@H]2[C@@H]3C(=O)N(C[C@@H]4CCCO4)C(=O)[C@H]3[C@H]3C=Cc4ccccc4N32)c1. The van der Waals surface area contributed by atoms with Crippen LogP contribution in [0.2, 0.25) is 0 Å². The second kappa shape index (κ2) is 8.09.